The Labute approximate surface area is 88.1 Å². The van der Waals surface area contributed by atoms with Gasteiger partial charge in [-0.2, -0.15) is 0 Å². The highest BCUT2D eigenvalue weighted by Crippen LogP contribution is 2.24. The van der Waals surface area contributed by atoms with Crippen molar-refractivity contribution in [3.05, 3.63) is 0 Å². The number of fused-ring (bicyclic) bond motifs is 2. The standard InChI is InChI=1S/C12H24N2/c1-10(2)3-4-14-8-11-5-12(9-14)7-13-6-11/h10-13H,3-9H2,1-2H3. The van der Waals surface area contributed by atoms with E-state index in [-0.39, 0.29) is 0 Å². The summed E-state index contributed by atoms with van der Waals surface area (Å²) in [6.07, 6.45) is 2.85. The van der Waals surface area contributed by atoms with Crippen LogP contribution in [0.3, 0.4) is 0 Å². The van der Waals surface area contributed by atoms with E-state index in [1.807, 2.05) is 0 Å². The van der Waals surface area contributed by atoms with Crippen molar-refractivity contribution in [1.82, 2.24) is 10.2 Å². The van der Waals surface area contributed by atoms with Gasteiger partial charge in [-0.05, 0) is 50.2 Å². The van der Waals surface area contributed by atoms with Gasteiger partial charge in [0, 0.05) is 13.1 Å². The van der Waals surface area contributed by atoms with Crippen molar-refractivity contribution in [2.75, 3.05) is 32.7 Å². The average Bonchev–Trinajstić information content (AvgIpc) is 2.14. The minimum atomic E-state index is 0.856. The van der Waals surface area contributed by atoms with Gasteiger partial charge < -0.3 is 10.2 Å². The highest BCUT2D eigenvalue weighted by atomic mass is 15.2. The zero-order chi connectivity index (χ0) is 9.97. The van der Waals surface area contributed by atoms with E-state index in [4.69, 9.17) is 0 Å². The molecule has 0 aliphatic carbocycles. The summed E-state index contributed by atoms with van der Waals surface area (Å²) in [5.74, 6) is 2.74. The fraction of sp³-hybridized carbons (Fsp3) is 1.00. The molecule has 0 aromatic heterocycles. The molecule has 0 aromatic carbocycles. The molecule has 2 nitrogen and oxygen atoms in total. The van der Waals surface area contributed by atoms with Gasteiger partial charge in [0.1, 0.15) is 0 Å². The average molecular weight is 196 g/mol. The second-order valence-electron chi connectivity index (χ2n) is 5.57. The second kappa shape index (κ2) is 4.63. The molecule has 2 aliphatic rings. The Kier molecular flexibility index (Phi) is 3.45. The van der Waals surface area contributed by atoms with Gasteiger partial charge in [0.25, 0.3) is 0 Å². The van der Waals surface area contributed by atoms with Crippen LogP contribution < -0.4 is 5.32 Å². The lowest BCUT2D eigenvalue weighted by Gasteiger charge is -2.41. The molecular weight excluding hydrogens is 172 g/mol. The van der Waals surface area contributed by atoms with Crippen LogP contribution in [0.25, 0.3) is 0 Å². The summed E-state index contributed by atoms with van der Waals surface area (Å²) in [4.78, 5) is 2.69. The molecule has 1 N–H and O–H groups in total. The van der Waals surface area contributed by atoms with Gasteiger partial charge in [0.2, 0.25) is 0 Å². The van der Waals surface area contributed by atoms with E-state index in [1.54, 1.807) is 0 Å². The van der Waals surface area contributed by atoms with Crippen molar-refractivity contribution in [3.63, 3.8) is 0 Å². The summed E-state index contributed by atoms with van der Waals surface area (Å²) in [5, 5.41) is 3.55. The lowest BCUT2D eigenvalue weighted by Crippen LogP contribution is -2.51. The van der Waals surface area contributed by atoms with Crippen molar-refractivity contribution in [2.45, 2.75) is 26.7 Å². The van der Waals surface area contributed by atoms with Crippen LogP contribution in [0.2, 0.25) is 0 Å². The highest BCUT2D eigenvalue weighted by Gasteiger charge is 2.29. The molecule has 0 radical (unpaired) electrons. The van der Waals surface area contributed by atoms with Gasteiger partial charge in [-0.15, -0.1) is 0 Å². The smallest absolute Gasteiger partial charge is 0.00220 e. The van der Waals surface area contributed by atoms with Gasteiger partial charge in [0.15, 0.2) is 0 Å². The number of likely N-dealkylation sites (tertiary alicyclic amines) is 1. The summed E-state index contributed by atoms with van der Waals surface area (Å²) in [6, 6.07) is 0. The normalized spacial score (nSPS) is 33.6. The maximum absolute atomic E-state index is 3.55. The molecule has 14 heavy (non-hydrogen) atoms. The van der Waals surface area contributed by atoms with E-state index in [1.165, 1.54) is 45.6 Å². The third kappa shape index (κ3) is 2.71. The summed E-state index contributed by atoms with van der Waals surface area (Å²) >= 11 is 0. The van der Waals surface area contributed by atoms with Crippen LogP contribution in [0.4, 0.5) is 0 Å². The largest absolute Gasteiger partial charge is 0.316 e. The molecule has 2 unspecified atom stereocenters. The van der Waals surface area contributed by atoms with E-state index < -0.39 is 0 Å². The predicted octanol–water partition coefficient (Wildman–Crippen LogP) is 1.57. The van der Waals surface area contributed by atoms with E-state index in [0.717, 1.165) is 17.8 Å². The summed E-state index contributed by atoms with van der Waals surface area (Å²) in [7, 11) is 0. The molecule has 2 saturated heterocycles. The Morgan fingerprint density at radius 1 is 1.21 bits per heavy atom. The van der Waals surface area contributed by atoms with Gasteiger partial charge in [-0.3, -0.25) is 0 Å². The van der Waals surface area contributed by atoms with Crippen molar-refractivity contribution in [1.29, 1.82) is 0 Å². The zero-order valence-corrected chi connectivity index (χ0v) is 9.63. The molecule has 0 amide bonds. The summed E-state index contributed by atoms with van der Waals surface area (Å²) in [5.41, 5.74) is 0. The molecular formula is C12H24N2. The van der Waals surface area contributed by atoms with Crippen LogP contribution in [-0.2, 0) is 0 Å². The Morgan fingerprint density at radius 3 is 2.43 bits per heavy atom. The molecule has 2 rings (SSSR count). The van der Waals surface area contributed by atoms with Gasteiger partial charge in [-0.1, -0.05) is 13.8 Å². The summed E-state index contributed by atoms with van der Waals surface area (Å²) in [6.45, 7) is 11.2. The number of hydrogen-bond acceptors (Lipinski definition) is 2. The molecule has 2 aliphatic heterocycles. The number of rotatable bonds is 3. The van der Waals surface area contributed by atoms with Gasteiger partial charge in [0.05, 0.1) is 0 Å². The first-order valence-corrected chi connectivity index (χ1v) is 6.17. The van der Waals surface area contributed by atoms with Gasteiger partial charge in [-0.25, -0.2) is 0 Å². The minimum absolute atomic E-state index is 0.856. The fourth-order valence-corrected chi connectivity index (χ4v) is 2.84. The molecule has 2 heterocycles. The van der Waals surface area contributed by atoms with Crippen molar-refractivity contribution in [2.24, 2.45) is 17.8 Å². The number of piperidine rings is 2. The SMILES string of the molecule is CC(C)CCN1CC2CNCC(C2)C1. The molecule has 2 heteroatoms. The van der Waals surface area contributed by atoms with Crippen molar-refractivity contribution in [3.8, 4) is 0 Å². The molecule has 0 saturated carbocycles. The second-order valence-corrected chi connectivity index (χ2v) is 5.57. The third-order valence-corrected chi connectivity index (χ3v) is 3.59. The lowest BCUT2D eigenvalue weighted by atomic mass is 9.85. The maximum atomic E-state index is 3.55. The van der Waals surface area contributed by atoms with Crippen LogP contribution >= 0.6 is 0 Å². The fourth-order valence-electron chi connectivity index (χ4n) is 2.84. The Bertz CT molecular complexity index is 167. The van der Waals surface area contributed by atoms with E-state index in [0.29, 0.717) is 0 Å². The molecule has 0 spiro atoms. The molecule has 2 fully saturated rings. The van der Waals surface area contributed by atoms with E-state index in [9.17, 15) is 0 Å². The Balaban J connectivity index is 1.77. The van der Waals surface area contributed by atoms with Crippen molar-refractivity contribution >= 4 is 0 Å². The van der Waals surface area contributed by atoms with Crippen LogP contribution in [0.15, 0.2) is 0 Å². The number of nitrogens with one attached hydrogen (secondary N) is 1. The van der Waals surface area contributed by atoms with Crippen LogP contribution in [0.1, 0.15) is 26.7 Å². The monoisotopic (exact) mass is 196 g/mol. The van der Waals surface area contributed by atoms with E-state index >= 15 is 0 Å². The first kappa shape index (κ1) is 10.4. The zero-order valence-electron chi connectivity index (χ0n) is 9.63. The summed E-state index contributed by atoms with van der Waals surface area (Å²) < 4.78 is 0. The molecule has 2 bridgehead atoms. The number of hydrogen-bond donors (Lipinski definition) is 1. The molecule has 82 valence electrons. The quantitative estimate of drug-likeness (QED) is 0.737. The first-order chi connectivity index (χ1) is 6.74. The molecule has 0 aromatic rings. The maximum Gasteiger partial charge on any atom is 0.00220 e. The number of nitrogens with zero attached hydrogens (tertiary/aromatic N) is 1. The molecule has 2 atom stereocenters. The first-order valence-electron chi connectivity index (χ1n) is 6.17. The minimum Gasteiger partial charge on any atom is -0.316 e. The topological polar surface area (TPSA) is 15.3 Å². The Hall–Kier alpha value is -0.0800. The van der Waals surface area contributed by atoms with Crippen LogP contribution in [0, 0.1) is 17.8 Å². The van der Waals surface area contributed by atoms with E-state index in [2.05, 4.69) is 24.1 Å². The Morgan fingerprint density at radius 2 is 1.86 bits per heavy atom. The lowest BCUT2D eigenvalue weighted by molar-refractivity contribution is 0.0935. The van der Waals surface area contributed by atoms with Crippen molar-refractivity contribution < 1.29 is 0 Å². The third-order valence-electron chi connectivity index (χ3n) is 3.59. The van der Waals surface area contributed by atoms with Crippen LogP contribution in [0.5, 0.6) is 0 Å². The predicted molar refractivity (Wildman–Crippen MR) is 60.4 cm³/mol. The van der Waals surface area contributed by atoms with Crippen LogP contribution in [-0.4, -0.2) is 37.6 Å². The van der Waals surface area contributed by atoms with Gasteiger partial charge >= 0.3 is 0 Å². The highest BCUT2D eigenvalue weighted by molar-refractivity contribution is 4.85.